The van der Waals surface area contributed by atoms with Gasteiger partial charge >= 0.3 is 0 Å². The molecule has 0 spiro atoms. The molecular formula is C11H16BrClN2O4S. The molecule has 6 nitrogen and oxygen atoms in total. The lowest BCUT2D eigenvalue weighted by atomic mass is 10.3. The first-order valence-corrected chi connectivity index (χ1v) is 8.34. The van der Waals surface area contributed by atoms with Crippen LogP contribution in [-0.2, 0) is 14.8 Å². The first kappa shape index (κ1) is 17.7. The quantitative estimate of drug-likeness (QED) is 0.613. The van der Waals surface area contributed by atoms with E-state index < -0.39 is 16.1 Å². The lowest BCUT2D eigenvalue weighted by Crippen LogP contribution is -2.29. The van der Waals surface area contributed by atoms with Crippen molar-refractivity contribution in [3.05, 3.63) is 21.6 Å². The number of rotatable bonds is 7. The van der Waals surface area contributed by atoms with Crippen molar-refractivity contribution >= 4 is 43.2 Å². The Labute approximate surface area is 131 Å². The van der Waals surface area contributed by atoms with Gasteiger partial charge in [0, 0.05) is 24.4 Å². The first-order chi connectivity index (χ1) is 9.27. The Kier molecular flexibility index (Phi) is 6.70. The summed E-state index contributed by atoms with van der Waals surface area (Å²) >= 11 is 8.93. The highest BCUT2D eigenvalue weighted by Crippen LogP contribution is 2.31. The molecule has 9 heteroatoms. The summed E-state index contributed by atoms with van der Waals surface area (Å²) in [5, 5.41) is 9.68. The van der Waals surface area contributed by atoms with Gasteiger partial charge < -0.3 is 15.6 Å². The average Bonchev–Trinajstić information content (AvgIpc) is 2.33. The van der Waals surface area contributed by atoms with E-state index >= 15 is 0 Å². The van der Waals surface area contributed by atoms with Gasteiger partial charge in [-0.1, -0.05) is 11.6 Å². The van der Waals surface area contributed by atoms with Crippen molar-refractivity contribution in [2.24, 2.45) is 0 Å². The molecule has 0 saturated heterocycles. The van der Waals surface area contributed by atoms with Gasteiger partial charge in [0.25, 0.3) is 0 Å². The summed E-state index contributed by atoms with van der Waals surface area (Å²) in [5.41, 5.74) is 5.89. The molecule has 0 amide bonds. The number of hydrogen-bond acceptors (Lipinski definition) is 5. The van der Waals surface area contributed by atoms with Gasteiger partial charge in [0.15, 0.2) is 0 Å². The van der Waals surface area contributed by atoms with Crippen molar-refractivity contribution in [2.75, 3.05) is 26.0 Å². The van der Waals surface area contributed by atoms with Crippen LogP contribution >= 0.6 is 27.5 Å². The van der Waals surface area contributed by atoms with Gasteiger partial charge in [0.05, 0.1) is 22.1 Å². The second-order valence-corrected chi connectivity index (χ2v) is 7.07. The summed E-state index contributed by atoms with van der Waals surface area (Å²) in [6.45, 7) is 0.223. The predicted octanol–water partition coefficient (Wildman–Crippen LogP) is 1.36. The Morgan fingerprint density at radius 2 is 2.20 bits per heavy atom. The smallest absolute Gasteiger partial charge is 0.241 e. The summed E-state index contributed by atoms with van der Waals surface area (Å²) in [7, 11) is -2.30. The monoisotopic (exact) mass is 386 g/mol. The normalized spacial score (nSPS) is 13.4. The SMILES string of the molecule is COCC(O)CCNS(=O)(=O)c1cc(Cl)cc(N)c1Br. The van der Waals surface area contributed by atoms with E-state index in [1.807, 2.05) is 0 Å². The zero-order chi connectivity index (χ0) is 15.3. The molecule has 4 N–H and O–H groups in total. The summed E-state index contributed by atoms with van der Waals surface area (Å²) in [4.78, 5) is -0.0382. The molecule has 0 heterocycles. The fourth-order valence-corrected chi connectivity index (χ4v) is 3.83. The number of ether oxygens (including phenoxy) is 1. The molecule has 0 radical (unpaired) electrons. The Morgan fingerprint density at radius 1 is 1.55 bits per heavy atom. The van der Waals surface area contributed by atoms with E-state index in [0.717, 1.165) is 0 Å². The van der Waals surface area contributed by atoms with Gasteiger partial charge in [-0.3, -0.25) is 0 Å². The Bertz CT molecular complexity index is 568. The predicted molar refractivity (Wildman–Crippen MR) is 81.3 cm³/mol. The van der Waals surface area contributed by atoms with Crippen LogP contribution in [0.2, 0.25) is 5.02 Å². The lowest BCUT2D eigenvalue weighted by Gasteiger charge is -2.12. The van der Waals surface area contributed by atoms with E-state index in [4.69, 9.17) is 22.1 Å². The van der Waals surface area contributed by atoms with Crippen LogP contribution in [0.1, 0.15) is 6.42 Å². The van der Waals surface area contributed by atoms with Crippen molar-refractivity contribution in [1.82, 2.24) is 4.72 Å². The van der Waals surface area contributed by atoms with Crippen LogP contribution in [0.25, 0.3) is 0 Å². The number of sulfonamides is 1. The number of aliphatic hydroxyl groups excluding tert-OH is 1. The maximum absolute atomic E-state index is 12.1. The second kappa shape index (κ2) is 7.58. The molecule has 1 rings (SSSR count). The molecule has 0 fully saturated rings. The van der Waals surface area contributed by atoms with E-state index in [0.29, 0.717) is 0 Å². The summed E-state index contributed by atoms with van der Waals surface area (Å²) in [6, 6.07) is 2.75. The summed E-state index contributed by atoms with van der Waals surface area (Å²) < 4.78 is 31.6. The summed E-state index contributed by atoms with van der Waals surface area (Å²) in [6.07, 6.45) is -0.489. The van der Waals surface area contributed by atoms with Crippen molar-refractivity contribution < 1.29 is 18.3 Å². The molecular weight excluding hydrogens is 372 g/mol. The molecule has 0 aliphatic rings. The van der Waals surface area contributed by atoms with Crippen molar-refractivity contribution in [2.45, 2.75) is 17.4 Å². The van der Waals surface area contributed by atoms with E-state index in [1.165, 1.54) is 19.2 Å². The number of aliphatic hydroxyl groups is 1. The first-order valence-electron chi connectivity index (χ1n) is 5.69. The molecule has 0 bridgehead atoms. The van der Waals surface area contributed by atoms with E-state index in [-0.39, 0.29) is 39.7 Å². The standard InChI is InChI=1S/C11H16BrClN2O4S/c1-19-6-8(16)2-3-15-20(17,18)10-5-7(13)4-9(14)11(10)12/h4-5,8,15-16H,2-3,6,14H2,1H3. The zero-order valence-corrected chi connectivity index (χ0v) is 13.9. The highest BCUT2D eigenvalue weighted by Gasteiger charge is 2.20. The number of benzene rings is 1. The van der Waals surface area contributed by atoms with Crippen molar-refractivity contribution in [3.63, 3.8) is 0 Å². The maximum atomic E-state index is 12.1. The second-order valence-electron chi connectivity index (χ2n) is 4.10. The van der Waals surface area contributed by atoms with Crippen LogP contribution in [0.5, 0.6) is 0 Å². The Morgan fingerprint density at radius 3 is 2.80 bits per heavy atom. The number of anilines is 1. The third-order valence-electron chi connectivity index (χ3n) is 2.45. The van der Waals surface area contributed by atoms with E-state index in [9.17, 15) is 13.5 Å². The highest BCUT2D eigenvalue weighted by atomic mass is 79.9. The fourth-order valence-electron chi connectivity index (χ4n) is 1.49. The lowest BCUT2D eigenvalue weighted by molar-refractivity contribution is 0.0603. The number of nitrogen functional groups attached to an aromatic ring is 1. The Balaban J connectivity index is 2.80. The molecule has 0 aromatic heterocycles. The van der Waals surface area contributed by atoms with Crippen LogP contribution in [0.15, 0.2) is 21.5 Å². The number of methoxy groups -OCH3 is 1. The third-order valence-corrected chi connectivity index (χ3v) is 5.30. The number of hydrogen-bond donors (Lipinski definition) is 3. The molecule has 114 valence electrons. The third kappa shape index (κ3) is 4.87. The minimum atomic E-state index is -3.76. The van der Waals surface area contributed by atoms with Crippen LogP contribution in [0, 0.1) is 0 Å². The summed E-state index contributed by atoms with van der Waals surface area (Å²) in [5.74, 6) is 0. The van der Waals surface area contributed by atoms with Crippen molar-refractivity contribution in [1.29, 1.82) is 0 Å². The largest absolute Gasteiger partial charge is 0.398 e. The molecule has 20 heavy (non-hydrogen) atoms. The van der Waals surface area contributed by atoms with Gasteiger partial charge in [-0.2, -0.15) is 0 Å². The van der Waals surface area contributed by atoms with Gasteiger partial charge in [0.1, 0.15) is 0 Å². The maximum Gasteiger partial charge on any atom is 0.241 e. The Hall–Kier alpha value is -0.380. The van der Waals surface area contributed by atoms with Gasteiger partial charge in [-0.15, -0.1) is 0 Å². The number of halogens is 2. The van der Waals surface area contributed by atoms with Gasteiger partial charge in [-0.05, 0) is 34.5 Å². The highest BCUT2D eigenvalue weighted by molar-refractivity contribution is 9.10. The van der Waals surface area contributed by atoms with Gasteiger partial charge in [-0.25, -0.2) is 13.1 Å². The number of nitrogens with one attached hydrogen (secondary N) is 1. The minimum Gasteiger partial charge on any atom is -0.398 e. The molecule has 1 aromatic carbocycles. The molecule has 1 atom stereocenters. The molecule has 1 unspecified atom stereocenters. The van der Waals surface area contributed by atoms with E-state index in [1.54, 1.807) is 0 Å². The van der Waals surface area contributed by atoms with Crippen LogP contribution in [0.3, 0.4) is 0 Å². The van der Waals surface area contributed by atoms with Gasteiger partial charge in [0.2, 0.25) is 10.0 Å². The fraction of sp³-hybridized carbons (Fsp3) is 0.455. The van der Waals surface area contributed by atoms with Crippen LogP contribution < -0.4 is 10.5 Å². The molecule has 0 aliphatic heterocycles. The molecule has 0 aliphatic carbocycles. The zero-order valence-electron chi connectivity index (χ0n) is 10.8. The minimum absolute atomic E-state index is 0.0382. The number of nitrogens with two attached hydrogens (primary N) is 1. The van der Waals surface area contributed by atoms with Crippen LogP contribution in [-0.4, -0.2) is 39.9 Å². The average molecular weight is 388 g/mol. The molecule has 1 aromatic rings. The topological polar surface area (TPSA) is 102 Å². The van der Waals surface area contributed by atoms with Crippen LogP contribution in [0.4, 0.5) is 5.69 Å². The van der Waals surface area contributed by atoms with Crippen molar-refractivity contribution in [3.8, 4) is 0 Å². The van der Waals surface area contributed by atoms with E-state index in [2.05, 4.69) is 20.7 Å². The molecule has 0 saturated carbocycles.